The summed E-state index contributed by atoms with van der Waals surface area (Å²) in [6.07, 6.45) is 0. The number of amides is 1. The van der Waals surface area contributed by atoms with Gasteiger partial charge in [0.25, 0.3) is 0 Å². The summed E-state index contributed by atoms with van der Waals surface area (Å²) in [5.74, 6) is -0.915. The molecule has 0 heterocycles. The number of nitrogens with one attached hydrogen (secondary N) is 1. The second-order valence-electron chi connectivity index (χ2n) is 4.79. The molecule has 0 radical (unpaired) electrons. The average Bonchev–Trinajstić information content (AvgIpc) is 2.46. The zero-order valence-electron chi connectivity index (χ0n) is 11.6. The Morgan fingerprint density at radius 2 is 2.05 bits per heavy atom. The second-order valence-corrected chi connectivity index (χ2v) is 5.65. The molecule has 0 aromatic heterocycles. The first-order chi connectivity index (χ1) is 9.99. The molecule has 0 fully saturated rings. The Morgan fingerprint density at radius 3 is 2.71 bits per heavy atom. The first-order valence-corrected chi connectivity index (χ1v) is 7.34. The Kier molecular flexibility index (Phi) is 5.09. The van der Waals surface area contributed by atoms with Gasteiger partial charge in [0.2, 0.25) is 5.91 Å². The molecule has 5 heteroatoms. The summed E-state index contributed by atoms with van der Waals surface area (Å²) < 4.78 is 14.8. The van der Waals surface area contributed by atoms with Crippen molar-refractivity contribution >= 4 is 21.8 Å². The van der Waals surface area contributed by atoms with Gasteiger partial charge in [-0.15, -0.1) is 0 Å². The van der Waals surface area contributed by atoms with Gasteiger partial charge in [-0.05, 0) is 36.8 Å². The number of hydrogen-bond donors (Lipinski definition) is 2. The quantitative estimate of drug-likeness (QED) is 0.866. The van der Waals surface area contributed by atoms with Crippen molar-refractivity contribution in [3.8, 4) is 0 Å². The topological polar surface area (TPSA) is 55.1 Å². The minimum absolute atomic E-state index is 0.0391. The van der Waals surface area contributed by atoms with Crippen LogP contribution >= 0.6 is 15.9 Å². The molecule has 3 nitrogen and oxygen atoms in total. The maximum absolute atomic E-state index is 13.8. The Morgan fingerprint density at radius 1 is 1.33 bits per heavy atom. The highest BCUT2D eigenvalue weighted by Gasteiger charge is 2.11. The van der Waals surface area contributed by atoms with Crippen LogP contribution in [0.1, 0.15) is 34.5 Å². The van der Waals surface area contributed by atoms with Gasteiger partial charge in [-0.2, -0.15) is 0 Å². The lowest BCUT2D eigenvalue weighted by Gasteiger charge is -2.16. The van der Waals surface area contributed by atoms with E-state index in [9.17, 15) is 9.18 Å². The summed E-state index contributed by atoms with van der Waals surface area (Å²) in [6, 6.07) is 12.0. The van der Waals surface area contributed by atoms with Crippen LogP contribution in [0.15, 0.2) is 46.9 Å². The summed E-state index contributed by atoms with van der Waals surface area (Å²) >= 11 is 3.49. The van der Waals surface area contributed by atoms with Crippen molar-refractivity contribution in [3.05, 3.63) is 69.4 Å². The van der Waals surface area contributed by atoms with Crippen LogP contribution in [-0.2, 0) is 6.54 Å². The first-order valence-electron chi connectivity index (χ1n) is 6.55. The lowest BCUT2D eigenvalue weighted by atomic mass is 10.1. The van der Waals surface area contributed by atoms with Crippen molar-refractivity contribution in [2.24, 2.45) is 5.73 Å². The van der Waals surface area contributed by atoms with Gasteiger partial charge in [-0.1, -0.05) is 34.1 Å². The Hall–Kier alpha value is -1.72. The Balaban J connectivity index is 2.11. The van der Waals surface area contributed by atoms with E-state index in [-0.39, 0.29) is 11.9 Å². The summed E-state index contributed by atoms with van der Waals surface area (Å²) in [7, 11) is 0. The molecule has 110 valence electrons. The Bertz CT molecular complexity index is 660. The van der Waals surface area contributed by atoms with E-state index >= 15 is 0 Å². The van der Waals surface area contributed by atoms with Gasteiger partial charge in [-0.25, -0.2) is 4.39 Å². The van der Waals surface area contributed by atoms with Crippen LogP contribution < -0.4 is 11.1 Å². The Labute approximate surface area is 131 Å². The number of carbonyl (C=O) groups excluding carboxylic acids is 1. The first kappa shape index (κ1) is 15.7. The second kappa shape index (κ2) is 6.83. The predicted molar refractivity (Wildman–Crippen MR) is 84.3 cm³/mol. The normalized spacial score (nSPS) is 12.1. The lowest BCUT2D eigenvalue weighted by Crippen LogP contribution is -2.20. The maximum Gasteiger partial charge on any atom is 0.248 e. The minimum atomic E-state index is -0.560. The van der Waals surface area contributed by atoms with E-state index in [1.54, 1.807) is 0 Å². The largest absolute Gasteiger partial charge is 0.366 e. The predicted octanol–water partition coefficient (Wildman–Crippen LogP) is 3.54. The van der Waals surface area contributed by atoms with Gasteiger partial charge in [0.15, 0.2) is 0 Å². The molecular formula is C16H16BrFN2O. The zero-order valence-corrected chi connectivity index (χ0v) is 13.2. The molecule has 0 bridgehead atoms. The van der Waals surface area contributed by atoms with E-state index in [1.165, 1.54) is 18.2 Å². The fourth-order valence-corrected chi connectivity index (χ4v) is 2.69. The monoisotopic (exact) mass is 350 g/mol. The molecule has 0 spiro atoms. The van der Waals surface area contributed by atoms with E-state index < -0.39 is 5.91 Å². The molecule has 0 saturated carbocycles. The molecule has 0 aliphatic carbocycles. The third-order valence-electron chi connectivity index (χ3n) is 3.30. The van der Waals surface area contributed by atoms with Gasteiger partial charge in [0, 0.05) is 28.2 Å². The van der Waals surface area contributed by atoms with Crippen LogP contribution in [0.5, 0.6) is 0 Å². The third kappa shape index (κ3) is 3.89. The molecule has 0 aliphatic rings. The van der Waals surface area contributed by atoms with Crippen LogP contribution in [0.3, 0.4) is 0 Å². The number of nitrogens with two attached hydrogens (primary N) is 1. The van der Waals surface area contributed by atoms with E-state index in [0.717, 1.165) is 10.0 Å². The van der Waals surface area contributed by atoms with Crippen molar-refractivity contribution < 1.29 is 9.18 Å². The highest BCUT2D eigenvalue weighted by molar-refractivity contribution is 9.10. The molecule has 0 saturated heterocycles. The molecule has 1 atom stereocenters. The van der Waals surface area contributed by atoms with Crippen LogP contribution in [0.2, 0.25) is 0 Å². The third-order valence-corrected chi connectivity index (χ3v) is 4.02. The summed E-state index contributed by atoms with van der Waals surface area (Å²) in [5.41, 5.74) is 7.03. The van der Waals surface area contributed by atoms with Crippen molar-refractivity contribution in [2.45, 2.75) is 19.5 Å². The zero-order chi connectivity index (χ0) is 15.4. The van der Waals surface area contributed by atoms with Crippen molar-refractivity contribution in [2.75, 3.05) is 0 Å². The van der Waals surface area contributed by atoms with Crippen molar-refractivity contribution in [3.63, 3.8) is 0 Å². The number of benzene rings is 2. The molecule has 1 amide bonds. The van der Waals surface area contributed by atoms with Crippen LogP contribution in [-0.4, -0.2) is 5.91 Å². The van der Waals surface area contributed by atoms with Crippen molar-refractivity contribution in [1.29, 1.82) is 0 Å². The van der Waals surface area contributed by atoms with Gasteiger partial charge < -0.3 is 11.1 Å². The molecule has 3 N–H and O–H groups in total. The SMILES string of the molecule is C[C@@H](NCc1cc(C(N)=O)ccc1F)c1ccccc1Br. The average molecular weight is 351 g/mol. The van der Waals surface area contributed by atoms with E-state index in [4.69, 9.17) is 5.73 Å². The number of hydrogen-bond acceptors (Lipinski definition) is 2. The number of halogens is 2. The number of rotatable bonds is 5. The van der Waals surface area contributed by atoms with E-state index in [2.05, 4.69) is 21.2 Å². The van der Waals surface area contributed by atoms with Gasteiger partial charge in [0.05, 0.1) is 0 Å². The van der Waals surface area contributed by atoms with Crippen LogP contribution in [0, 0.1) is 5.82 Å². The fraction of sp³-hybridized carbons (Fsp3) is 0.188. The van der Waals surface area contributed by atoms with E-state index in [0.29, 0.717) is 17.7 Å². The van der Waals surface area contributed by atoms with Crippen molar-refractivity contribution in [1.82, 2.24) is 5.32 Å². The van der Waals surface area contributed by atoms with Crippen LogP contribution in [0.25, 0.3) is 0 Å². The highest BCUT2D eigenvalue weighted by Crippen LogP contribution is 2.23. The molecule has 2 aromatic carbocycles. The molecule has 2 rings (SSSR count). The molecular weight excluding hydrogens is 335 g/mol. The van der Waals surface area contributed by atoms with Gasteiger partial charge in [-0.3, -0.25) is 4.79 Å². The summed E-state index contributed by atoms with van der Waals surface area (Å²) in [6.45, 7) is 2.31. The van der Waals surface area contributed by atoms with Crippen LogP contribution in [0.4, 0.5) is 4.39 Å². The maximum atomic E-state index is 13.8. The van der Waals surface area contributed by atoms with Gasteiger partial charge in [0.1, 0.15) is 5.82 Å². The molecule has 0 unspecified atom stereocenters. The smallest absolute Gasteiger partial charge is 0.248 e. The fourth-order valence-electron chi connectivity index (χ4n) is 2.06. The molecule has 2 aromatic rings. The molecule has 21 heavy (non-hydrogen) atoms. The lowest BCUT2D eigenvalue weighted by molar-refractivity contribution is 0.1000. The summed E-state index contributed by atoms with van der Waals surface area (Å²) in [5, 5.41) is 3.24. The minimum Gasteiger partial charge on any atom is -0.366 e. The number of carbonyl (C=O) groups is 1. The highest BCUT2D eigenvalue weighted by atomic mass is 79.9. The van der Waals surface area contributed by atoms with E-state index in [1.807, 2.05) is 31.2 Å². The standard InChI is InChI=1S/C16H16BrFN2O/c1-10(13-4-2-3-5-14(13)17)20-9-12-8-11(16(19)21)6-7-15(12)18/h2-8,10,20H,9H2,1H3,(H2,19,21)/t10-/m1/s1. The molecule has 0 aliphatic heterocycles. The number of primary amides is 1. The van der Waals surface area contributed by atoms with Gasteiger partial charge >= 0.3 is 0 Å². The summed E-state index contributed by atoms with van der Waals surface area (Å²) in [4.78, 5) is 11.1.